The average Bonchev–Trinajstić information content (AvgIpc) is 3.16. The van der Waals surface area contributed by atoms with Crippen molar-refractivity contribution in [3.63, 3.8) is 0 Å². The number of nitrogen functional groups attached to an aromatic ring is 1. The Bertz CT molecular complexity index is 424. The van der Waals surface area contributed by atoms with Gasteiger partial charge < -0.3 is 11.1 Å². The van der Waals surface area contributed by atoms with E-state index in [9.17, 15) is 4.79 Å². The van der Waals surface area contributed by atoms with E-state index in [0.717, 1.165) is 24.2 Å². The summed E-state index contributed by atoms with van der Waals surface area (Å²) in [6, 6.07) is 7.73. The minimum absolute atomic E-state index is 0.137. The summed E-state index contributed by atoms with van der Waals surface area (Å²) in [5.41, 5.74) is 8.10. The molecule has 3 heteroatoms. The number of para-hydroxylation sites is 1. The molecule has 1 fully saturated rings. The van der Waals surface area contributed by atoms with Gasteiger partial charge in [-0.1, -0.05) is 25.1 Å². The van der Waals surface area contributed by atoms with Crippen LogP contribution >= 0.6 is 0 Å². The fourth-order valence-electron chi connectivity index (χ4n) is 2.22. The van der Waals surface area contributed by atoms with Crippen LogP contribution in [0.4, 0.5) is 5.69 Å². The highest BCUT2D eigenvalue weighted by Gasteiger charge is 2.40. The number of aryl methyl sites for hydroxylation is 1. The van der Waals surface area contributed by atoms with Gasteiger partial charge in [-0.25, -0.2) is 0 Å². The van der Waals surface area contributed by atoms with Crippen molar-refractivity contribution in [2.24, 2.45) is 5.41 Å². The number of rotatable bonds is 6. The standard InChI is InChI=1S/C15H22N2O/c1-2-15(9-10-15)11-17-14(18)8-7-12-5-3-4-6-13(12)16/h3-6H,2,7-11,16H2,1H3,(H,17,18). The second-order valence-corrected chi connectivity index (χ2v) is 5.33. The Morgan fingerprint density at radius 1 is 1.39 bits per heavy atom. The fraction of sp³-hybridized carbons (Fsp3) is 0.533. The van der Waals surface area contributed by atoms with Crippen LogP contribution in [-0.2, 0) is 11.2 Å². The molecule has 1 aromatic carbocycles. The highest BCUT2D eigenvalue weighted by Crippen LogP contribution is 2.47. The van der Waals surface area contributed by atoms with E-state index in [1.807, 2.05) is 24.3 Å². The van der Waals surface area contributed by atoms with Crippen LogP contribution in [0.1, 0.15) is 38.2 Å². The van der Waals surface area contributed by atoms with E-state index in [2.05, 4.69) is 12.2 Å². The molecule has 2 rings (SSSR count). The lowest BCUT2D eigenvalue weighted by Crippen LogP contribution is -2.30. The molecule has 0 spiro atoms. The maximum absolute atomic E-state index is 11.8. The van der Waals surface area contributed by atoms with Gasteiger partial charge in [-0.15, -0.1) is 0 Å². The Kier molecular flexibility index (Phi) is 3.90. The van der Waals surface area contributed by atoms with Crippen LogP contribution < -0.4 is 11.1 Å². The number of hydrogen-bond acceptors (Lipinski definition) is 2. The molecule has 0 radical (unpaired) electrons. The first-order valence-corrected chi connectivity index (χ1v) is 6.75. The molecular weight excluding hydrogens is 224 g/mol. The number of amides is 1. The minimum Gasteiger partial charge on any atom is -0.399 e. The monoisotopic (exact) mass is 246 g/mol. The molecule has 98 valence electrons. The third-order valence-corrected chi connectivity index (χ3v) is 4.04. The molecule has 0 bridgehead atoms. The van der Waals surface area contributed by atoms with Crippen molar-refractivity contribution in [2.75, 3.05) is 12.3 Å². The van der Waals surface area contributed by atoms with Crippen LogP contribution in [0.5, 0.6) is 0 Å². The van der Waals surface area contributed by atoms with Crippen molar-refractivity contribution >= 4 is 11.6 Å². The van der Waals surface area contributed by atoms with Crippen molar-refractivity contribution in [2.45, 2.75) is 39.0 Å². The molecule has 0 heterocycles. The molecule has 1 aliphatic carbocycles. The van der Waals surface area contributed by atoms with E-state index >= 15 is 0 Å². The van der Waals surface area contributed by atoms with Crippen molar-refractivity contribution in [3.8, 4) is 0 Å². The lowest BCUT2D eigenvalue weighted by molar-refractivity contribution is -0.121. The quantitative estimate of drug-likeness (QED) is 0.758. The Balaban J connectivity index is 1.74. The first kappa shape index (κ1) is 12.9. The molecule has 1 aromatic rings. The normalized spacial score (nSPS) is 16.3. The number of hydrogen-bond donors (Lipinski definition) is 2. The van der Waals surface area contributed by atoms with Crippen molar-refractivity contribution in [1.82, 2.24) is 5.32 Å². The Morgan fingerprint density at radius 2 is 2.11 bits per heavy atom. The average molecular weight is 246 g/mol. The summed E-state index contributed by atoms with van der Waals surface area (Å²) in [6.45, 7) is 3.04. The second kappa shape index (κ2) is 5.42. The summed E-state index contributed by atoms with van der Waals surface area (Å²) in [6.07, 6.45) is 4.93. The van der Waals surface area contributed by atoms with Gasteiger partial charge in [0.25, 0.3) is 0 Å². The van der Waals surface area contributed by atoms with Crippen LogP contribution in [0.15, 0.2) is 24.3 Å². The third kappa shape index (κ3) is 3.25. The molecule has 1 aliphatic rings. The minimum atomic E-state index is 0.137. The Hall–Kier alpha value is -1.51. The summed E-state index contributed by atoms with van der Waals surface area (Å²) in [4.78, 5) is 11.8. The van der Waals surface area contributed by atoms with Crippen LogP contribution in [0.2, 0.25) is 0 Å². The first-order chi connectivity index (χ1) is 8.65. The molecule has 0 aromatic heterocycles. The zero-order valence-electron chi connectivity index (χ0n) is 11.0. The number of nitrogens with one attached hydrogen (secondary N) is 1. The van der Waals surface area contributed by atoms with E-state index in [4.69, 9.17) is 5.73 Å². The third-order valence-electron chi connectivity index (χ3n) is 4.04. The number of carbonyl (C=O) groups is 1. The Morgan fingerprint density at radius 3 is 2.72 bits per heavy atom. The molecule has 18 heavy (non-hydrogen) atoms. The van der Waals surface area contributed by atoms with E-state index in [-0.39, 0.29) is 5.91 Å². The van der Waals surface area contributed by atoms with E-state index in [1.54, 1.807) is 0 Å². The predicted molar refractivity (Wildman–Crippen MR) is 74.1 cm³/mol. The van der Waals surface area contributed by atoms with Gasteiger partial charge in [0.2, 0.25) is 5.91 Å². The maximum Gasteiger partial charge on any atom is 0.220 e. The van der Waals surface area contributed by atoms with Gasteiger partial charge in [0.15, 0.2) is 0 Å². The zero-order valence-corrected chi connectivity index (χ0v) is 11.0. The molecule has 1 amide bonds. The van der Waals surface area contributed by atoms with Crippen LogP contribution in [0, 0.1) is 5.41 Å². The van der Waals surface area contributed by atoms with Gasteiger partial charge in [-0.2, -0.15) is 0 Å². The summed E-state index contributed by atoms with van der Waals surface area (Å²) < 4.78 is 0. The molecule has 3 nitrogen and oxygen atoms in total. The largest absolute Gasteiger partial charge is 0.399 e. The van der Waals surface area contributed by atoms with Crippen LogP contribution in [0.25, 0.3) is 0 Å². The molecule has 0 unspecified atom stereocenters. The number of nitrogens with two attached hydrogens (primary N) is 1. The van der Waals surface area contributed by atoms with E-state index in [0.29, 0.717) is 11.8 Å². The predicted octanol–water partition coefficient (Wildman–Crippen LogP) is 2.51. The first-order valence-electron chi connectivity index (χ1n) is 6.75. The van der Waals surface area contributed by atoms with Gasteiger partial charge in [0.05, 0.1) is 0 Å². The topological polar surface area (TPSA) is 55.1 Å². The zero-order chi connectivity index (χ0) is 13.0. The highest BCUT2D eigenvalue weighted by molar-refractivity contribution is 5.76. The van der Waals surface area contributed by atoms with Gasteiger partial charge in [-0.05, 0) is 42.7 Å². The molecule has 0 aliphatic heterocycles. The van der Waals surface area contributed by atoms with Crippen LogP contribution in [-0.4, -0.2) is 12.5 Å². The summed E-state index contributed by atoms with van der Waals surface area (Å²) in [5, 5.41) is 3.05. The fourth-order valence-corrected chi connectivity index (χ4v) is 2.22. The SMILES string of the molecule is CCC1(CNC(=O)CCc2ccccc2N)CC1. The van der Waals surface area contributed by atoms with Gasteiger partial charge in [0, 0.05) is 18.7 Å². The van der Waals surface area contributed by atoms with Crippen molar-refractivity contribution in [3.05, 3.63) is 29.8 Å². The van der Waals surface area contributed by atoms with E-state index in [1.165, 1.54) is 19.3 Å². The lowest BCUT2D eigenvalue weighted by atomic mass is 10.0. The lowest BCUT2D eigenvalue weighted by Gasteiger charge is -2.13. The Labute approximate surface area is 109 Å². The van der Waals surface area contributed by atoms with Gasteiger partial charge in [0.1, 0.15) is 0 Å². The second-order valence-electron chi connectivity index (χ2n) is 5.33. The van der Waals surface area contributed by atoms with Gasteiger partial charge in [-0.3, -0.25) is 4.79 Å². The molecule has 3 N–H and O–H groups in total. The van der Waals surface area contributed by atoms with Gasteiger partial charge >= 0.3 is 0 Å². The van der Waals surface area contributed by atoms with Crippen LogP contribution in [0.3, 0.4) is 0 Å². The molecular formula is C15H22N2O. The van der Waals surface area contributed by atoms with Crippen molar-refractivity contribution in [1.29, 1.82) is 0 Å². The summed E-state index contributed by atoms with van der Waals surface area (Å²) in [7, 11) is 0. The van der Waals surface area contributed by atoms with E-state index < -0.39 is 0 Å². The molecule has 0 saturated heterocycles. The molecule has 0 atom stereocenters. The molecule has 1 saturated carbocycles. The smallest absolute Gasteiger partial charge is 0.220 e. The summed E-state index contributed by atoms with van der Waals surface area (Å²) >= 11 is 0. The summed E-state index contributed by atoms with van der Waals surface area (Å²) in [5.74, 6) is 0.137. The number of carbonyl (C=O) groups excluding carboxylic acids is 1. The number of anilines is 1. The van der Waals surface area contributed by atoms with Crippen molar-refractivity contribution < 1.29 is 4.79 Å². The maximum atomic E-state index is 11.8. The highest BCUT2D eigenvalue weighted by atomic mass is 16.1. The number of benzene rings is 1.